The second-order valence-corrected chi connectivity index (χ2v) is 5.60. The van der Waals surface area contributed by atoms with Gasteiger partial charge in [0.05, 0.1) is 13.2 Å². The Morgan fingerprint density at radius 3 is 2.13 bits per heavy atom. The van der Waals surface area contributed by atoms with E-state index in [0.717, 1.165) is 25.4 Å². The van der Waals surface area contributed by atoms with Crippen LogP contribution in [0.4, 0.5) is 0 Å². The standard InChI is InChI=1S/C19H34O4/c1-2-3-4-5-6-7-8-9-10-11-12-13-14-19(22-17-15-20)23-18-16-21/h15,17,19-21H,2-12,16,18H2,1H3/b17-15+. The minimum Gasteiger partial charge on any atom is -0.512 e. The van der Waals surface area contributed by atoms with Crippen LogP contribution in [-0.2, 0) is 9.47 Å². The predicted molar refractivity (Wildman–Crippen MR) is 93.9 cm³/mol. The van der Waals surface area contributed by atoms with Crippen LogP contribution >= 0.6 is 0 Å². The second-order valence-electron chi connectivity index (χ2n) is 5.60. The van der Waals surface area contributed by atoms with Crippen LogP contribution in [0, 0.1) is 11.8 Å². The fourth-order valence-corrected chi connectivity index (χ4v) is 2.24. The van der Waals surface area contributed by atoms with Crippen LogP contribution in [-0.4, -0.2) is 29.7 Å². The highest BCUT2D eigenvalue weighted by molar-refractivity contribution is 5.02. The van der Waals surface area contributed by atoms with Crippen LogP contribution in [0.5, 0.6) is 0 Å². The van der Waals surface area contributed by atoms with Gasteiger partial charge in [-0.1, -0.05) is 70.6 Å². The van der Waals surface area contributed by atoms with E-state index >= 15 is 0 Å². The number of hydrogen-bond donors (Lipinski definition) is 2. The van der Waals surface area contributed by atoms with Gasteiger partial charge in [-0.3, -0.25) is 0 Å². The van der Waals surface area contributed by atoms with E-state index in [9.17, 15) is 0 Å². The largest absolute Gasteiger partial charge is 0.512 e. The molecule has 0 amide bonds. The highest BCUT2D eigenvalue weighted by atomic mass is 16.7. The van der Waals surface area contributed by atoms with E-state index in [4.69, 9.17) is 19.7 Å². The van der Waals surface area contributed by atoms with Crippen molar-refractivity contribution >= 4 is 0 Å². The van der Waals surface area contributed by atoms with Gasteiger partial charge in [-0.15, -0.1) is 0 Å². The lowest BCUT2D eigenvalue weighted by Crippen LogP contribution is -2.14. The molecule has 0 spiro atoms. The zero-order valence-electron chi connectivity index (χ0n) is 14.6. The highest BCUT2D eigenvalue weighted by Gasteiger charge is 2.02. The van der Waals surface area contributed by atoms with Crippen molar-refractivity contribution in [2.24, 2.45) is 0 Å². The molecule has 2 N–H and O–H groups in total. The van der Waals surface area contributed by atoms with Crippen LogP contribution < -0.4 is 0 Å². The van der Waals surface area contributed by atoms with Gasteiger partial charge in [0.1, 0.15) is 12.5 Å². The molecule has 1 atom stereocenters. The maximum absolute atomic E-state index is 8.72. The van der Waals surface area contributed by atoms with E-state index in [-0.39, 0.29) is 13.2 Å². The van der Waals surface area contributed by atoms with E-state index < -0.39 is 6.29 Å². The van der Waals surface area contributed by atoms with E-state index in [1.165, 1.54) is 57.8 Å². The Morgan fingerprint density at radius 1 is 0.957 bits per heavy atom. The van der Waals surface area contributed by atoms with Gasteiger partial charge in [0.15, 0.2) is 0 Å². The lowest BCUT2D eigenvalue weighted by molar-refractivity contribution is -0.0758. The number of unbranched alkanes of at least 4 members (excludes halogenated alkanes) is 10. The molecule has 0 aromatic carbocycles. The first-order chi connectivity index (χ1) is 11.3. The summed E-state index contributed by atoms with van der Waals surface area (Å²) in [5, 5.41) is 17.3. The summed E-state index contributed by atoms with van der Waals surface area (Å²) in [4.78, 5) is 0. The van der Waals surface area contributed by atoms with Crippen molar-refractivity contribution in [2.45, 2.75) is 83.8 Å². The molecule has 0 rings (SSSR count). The minimum absolute atomic E-state index is 0.0805. The third kappa shape index (κ3) is 17.0. The minimum atomic E-state index is -0.728. The number of rotatable bonds is 15. The summed E-state index contributed by atoms with van der Waals surface area (Å²) >= 11 is 0. The van der Waals surface area contributed by atoms with Crippen molar-refractivity contribution in [3.05, 3.63) is 12.5 Å². The average Bonchev–Trinajstić information content (AvgIpc) is 2.57. The summed E-state index contributed by atoms with van der Waals surface area (Å²) in [7, 11) is 0. The van der Waals surface area contributed by atoms with Gasteiger partial charge in [-0.05, 0) is 12.3 Å². The molecule has 0 bridgehead atoms. The van der Waals surface area contributed by atoms with Crippen LogP contribution in [0.1, 0.15) is 77.6 Å². The molecule has 0 aliphatic carbocycles. The normalized spacial score (nSPS) is 12.1. The second kappa shape index (κ2) is 18.9. The van der Waals surface area contributed by atoms with Gasteiger partial charge in [-0.2, -0.15) is 0 Å². The van der Waals surface area contributed by atoms with Gasteiger partial charge in [0.2, 0.25) is 0 Å². The number of hydrogen-bond acceptors (Lipinski definition) is 4. The summed E-state index contributed by atoms with van der Waals surface area (Å²) in [5.74, 6) is 5.88. The first kappa shape index (κ1) is 21.8. The van der Waals surface area contributed by atoms with Gasteiger partial charge < -0.3 is 19.7 Å². The van der Waals surface area contributed by atoms with Crippen molar-refractivity contribution < 1.29 is 19.7 Å². The molecule has 0 aromatic rings. The van der Waals surface area contributed by atoms with Crippen LogP contribution in [0.15, 0.2) is 12.5 Å². The lowest BCUT2D eigenvalue weighted by Gasteiger charge is -2.09. The van der Waals surface area contributed by atoms with Gasteiger partial charge in [-0.25, -0.2) is 0 Å². The summed E-state index contributed by atoms with van der Waals surface area (Å²) in [6.45, 7) is 2.33. The topological polar surface area (TPSA) is 58.9 Å². The molecule has 1 unspecified atom stereocenters. The molecule has 0 aromatic heterocycles. The molecule has 4 heteroatoms. The zero-order valence-corrected chi connectivity index (χ0v) is 14.6. The Morgan fingerprint density at radius 2 is 1.57 bits per heavy atom. The summed E-state index contributed by atoms with van der Waals surface area (Å²) in [6, 6.07) is 0. The number of aliphatic hydroxyl groups excluding tert-OH is 2. The Balaban J connectivity index is 3.53. The van der Waals surface area contributed by atoms with E-state index in [0.29, 0.717) is 0 Å². The number of ether oxygens (including phenoxy) is 2. The Labute approximate surface area is 141 Å². The Bertz CT molecular complexity index is 317. The quantitative estimate of drug-likeness (QED) is 0.198. The van der Waals surface area contributed by atoms with E-state index in [1.54, 1.807) is 0 Å². The monoisotopic (exact) mass is 326 g/mol. The lowest BCUT2D eigenvalue weighted by atomic mass is 10.1. The number of aliphatic hydroxyl groups is 2. The fraction of sp³-hybridized carbons (Fsp3) is 0.789. The summed E-state index contributed by atoms with van der Waals surface area (Å²) in [6.07, 6.45) is 15.1. The van der Waals surface area contributed by atoms with Crippen molar-refractivity contribution in [1.82, 2.24) is 0 Å². The average molecular weight is 326 g/mol. The molecule has 0 fully saturated rings. The van der Waals surface area contributed by atoms with Crippen molar-refractivity contribution in [3.8, 4) is 11.8 Å². The molecule has 4 nitrogen and oxygen atoms in total. The molecular formula is C19H34O4. The predicted octanol–water partition coefficient (Wildman–Crippen LogP) is 4.68. The van der Waals surface area contributed by atoms with Crippen LogP contribution in [0.2, 0.25) is 0 Å². The van der Waals surface area contributed by atoms with Gasteiger partial charge >= 0.3 is 0 Å². The zero-order chi connectivity index (χ0) is 17.0. The highest BCUT2D eigenvalue weighted by Crippen LogP contribution is 2.11. The Kier molecular flexibility index (Phi) is 17.9. The molecule has 0 heterocycles. The summed E-state index contributed by atoms with van der Waals surface area (Å²) < 4.78 is 10.2. The molecule has 0 aliphatic heterocycles. The maximum Gasteiger partial charge on any atom is 0.264 e. The third-order valence-corrected chi connectivity index (χ3v) is 3.50. The van der Waals surface area contributed by atoms with Gasteiger partial charge in [0.25, 0.3) is 6.29 Å². The molecule has 0 radical (unpaired) electrons. The first-order valence-corrected chi connectivity index (χ1v) is 9.00. The molecule has 23 heavy (non-hydrogen) atoms. The SMILES string of the molecule is CCCCCCCCCCCCC#CC(O/C=C/O)OCCO. The Hall–Kier alpha value is -1.18. The molecule has 0 saturated heterocycles. The van der Waals surface area contributed by atoms with E-state index in [2.05, 4.69) is 18.8 Å². The molecular weight excluding hydrogens is 292 g/mol. The first-order valence-electron chi connectivity index (χ1n) is 9.00. The van der Waals surface area contributed by atoms with Crippen LogP contribution in [0.25, 0.3) is 0 Å². The summed E-state index contributed by atoms with van der Waals surface area (Å²) in [5.41, 5.74) is 0. The fourth-order valence-electron chi connectivity index (χ4n) is 2.24. The van der Waals surface area contributed by atoms with E-state index in [1.807, 2.05) is 0 Å². The molecule has 0 saturated carbocycles. The maximum atomic E-state index is 8.72. The van der Waals surface area contributed by atoms with Crippen molar-refractivity contribution in [3.63, 3.8) is 0 Å². The smallest absolute Gasteiger partial charge is 0.264 e. The van der Waals surface area contributed by atoms with Crippen molar-refractivity contribution in [1.29, 1.82) is 0 Å². The van der Waals surface area contributed by atoms with Gasteiger partial charge in [0, 0.05) is 6.42 Å². The van der Waals surface area contributed by atoms with Crippen molar-refractivity contribution in [2.75, 3.05) is 13.2 Å². The molecule has 134 valence electrons. The molecule has 0 aliphatic rings. The third-order valence-electron chi connectivity index (χ3n) is 3.50. The van der Waals surface area contributed by atoms with Crippen LogP contribution in [0.3, 0.4) is 0 Å².